The zero-order valence-electron chi connectivity index (χ0n) is 25.1. The average molecular weight is 663 g/mol. The Hall–Kier alpha value is -4.85. The number of nitrogens with one attached hydrogen (secondary N) is 3. The van der Waals surface area contributed by atoms with E-state index in [-0.39, 0.29) is 28.8 Å². The Labute approximate surface area is 272 Å². The van der Waals surface area contributed by atoms with Gasteiger partial charge in [-0.2, -0.15) is 0 Å². The van der Waals surface area contributed by atoms with Gasteiger partial charge in [-0.3, -0.25) is 23.7 Å². The molecule has 1 saturated heterocycles. The second-order valence-electron chi connectivity index (χ2n) is 10.7. The zero-order chi connectivity index (χ0) is 32.5. The topological polar surface area (TPSA) is 158 Å². The summed E-state index contributed by atoms with van der Waals surface area (Å²) in [7, 11) is 4.46. The van der Waals surface area contributed by atoms with Crippen molar-refractivity contribution in [3.63, 3.8) is 0 Å². The van der Waals surface area contributed by atoms with E-state index in [1.54, 1.807) is 18.3 Å². The molecule has 5 aromatic rings. The number of ether oxygens (including phenoxy) is 1. The third-order valence-electron chi connectivity index (χ3n) is 7.83. The second-order valence-corrected chi connectivity index (χ2v) is 11.5. The molecule has 0 spiro atoms. The van der Waals surface area contributed by atoms with Crippen LogP contribution in [0.15, 0.2) is 58.5 Å². The summed E-state index contributed by atoms with van der Waals surface area (Å²) >= 11 is 13.9. The van der Waals surface area contributed by atoms with Crippen molar-refractivity contribution in [1.29, 1.82) is 0 Å². The Balaban J connectivity index is 1.30. The van der Waals surface area contributed by atoms with E-state index in [1.807, 2.05) is 24.3 Å². The fourth-order valence-corrected chi connectivity index (χ4v) is 6.00. The molecule has 1 amide bonds. The van der Waals surface area contributed by atoms with E-state index in [1.165, 1.54) is 32.1 Å². The number of carbonyl (C=O) groups excluding carboxylic acids is 1. The van der Waals surface area contributed by atoms with E-state index in [2.05, 4.69) is 35.9 Å². The Kier molecular flexibility index (Phi) is 8.71. The minimum Gasteiger partial charge on any atom is -0.480 e. The molecule has 0 saturated carbocycles. The fourth-order valence-electron chi connectivity index (χ4n) is 5.40. The third kappa shape index (κ3) is 5.80. The van der Waals surface area contributed by atoms with Gasteiger partial charge < -0.3 is 20.7 Å². The number of methoxy groups -OCH3 is 1. The zero-order valence-corrected chi connectivity index (χ0v) is 26.6. The molecule has 1 aliphatic rings. The largest absolute Gasteiger partial charge is 0.480 e. The quantitative estimate of drug-likeness (QED) is 0.213. The summed E-state index contributed by atoms with van der Waals surface area (Å²) in [5.74, 6) is 0.620. The number of halogens is 2. The SMILES string of the molecule is COc1nc(-c2cccc(-c3cccc(Nc4ncnc5c4c(=O)n(C)c(=O)n5C)c3Cl)c2Cl)cnc1CNCC1CCC(=O)N1. The molecule has 13 nitrogen and oxygen atoms in total. The normalized spacial score (nSPS) is 14.5. The van der Waals surface area contributed by atoms with Gasteiger partial charge in [0.1, 0.15) is 23.2 Å². The first kappa shape index (κ1) is 31.1. The summed E-state index contributed by atoms with van der Waals surface area (Å²) in [4.78, 5) is 54.6. The van der Waals surface area contributed by atoms with Crippen LogP contribution in [0, 0.1) is 0 Å². The molecule has 3 N–H and O–H groups in total. The van der Waals surface area contributed by atoms with Crippen LogP contribution in [-0.4, -0.2) is 54.7 Å². The summed E-state index contributed by atoms with van der Waals surface area (Å²) in [5.41, 5.74) is 2.64. The van der Waals surface area contributed by atoms with Gasteiger partial charge >= 0.3 is 5.69 Å². The highest BCUT2D eigenvalue weighted by Crippen LogP contribution is 2.42. The lowest BCUT2D eigenvalue weighted by Crippen LogP contribution is -2.37. The number of aromatic nitrogens is 6. The van der Waals surface area contributed by atoms with Crippen LogP contribution in [-0.2, 0) is 25.4 Å². The van der Waals surface area contributed by atoms with E-state index >= 15 is 0 Å². The maximum Gasteiger partial charge on any atom is 0.332 e. The Morgan fingerprint density at radius 3 is 2.46 bits per heavy atom. The fraction of sp³-hybridized carbons (Fsp3) is 0.258. The van der Waals surface area contributed by atoms with Gasteiger partial charge in [0.15, 0.2) is 5.65 Å². The number of fused-ring (bicyclic) bond motifs is 1. The number of hydrogen-bond donors (Lipinski definition) is 3. The van der Waals surface area contributed by atoms with Crippen molar-refractivity contribution < 1.29 is 9.53 Å². The van der Waals surface area contributed by atoms with Crippen molar-refractivity contribution in [2.45, 2.75) is 25.4 Å². The van der Waals surface area contributed by atoms with Crippen molar-refractivity contribution >= 4 is 51.6 Å². The minimum absolute atomic E-state index is 0.0671. The smallest absolute Gasteiger partial charge is 0.332 e. The number of nitrogens with zero attached hydrogens (tertiary/aromatic N) is 6. The van der Waals surface area contributed by atoms with Gasteiger partial charge in [0, 0.05) is 56.3 Å². The van der Waals surface area contributed by atoms with Crippen LogP contribution in [0.2, 0.25) is 10.0 Å². The second kappa shape index (κ2) is 12.9. The van der Waals surface area contributed by atoms with Crippen molar-refractivity contribution in [2.75, 3.05) is 19.0 Å². The monoisotopic (exact) mass is 661 g/mol. The number of hydrogen-bond acceptors (Lipinski definition) is 10. The highest BCUT2D eigenvalue weighted by Gasteiger charge is 2.22. The molecule has 3 aromatic heterocycles. The van der Waals surface area contributed by atoms with Crippen LogP contribution < -0.4 is 31.9 Å². The molecule has 4 heterocycles. The van der Waals surface area contributed by atoms with Crippen molar-refractivity contribution in [3.8, 4) is 28.3 Å². The molecule has 2 aromatic carbocycles. The van der Waals surface area contributed by atoms with Gasteiger partial charge in [0.05, 0.1) is 34.7 Å². The maximum absolute atomic E-state index is 13.0. The summed E-state index contributed by atoms with van der Waals surface area (Å²) < 4.78 is 7.83. The number of rotatable bonds is 9. The molecule has 1 atom stereocenters. The molecule has 6 rings (SSSR count). The van der Waals surface area contributed by atoms with Gasteiger partial charge in [-0.15, -0.1) is 0 Å². The van der Waals surface area contributed by atoms with Crippen LogP contribution in [0.4, 0.5) is 11.5 Å². The maximum atomic E-state index is 13.0. The van der Waals surface area contributed by atoms with Crippen molar-refractivity contribution in [2.24, 2.45) is 14.1 Å². The highest BCUT2D eigenvalue weighted by molar-refractivity contribution is 6.39. The Morgan fingerprint density at radius 2 is 1.72 bits per heavy atom. The average Bonchev–Trinajstić information content (AvgIpc) is 3.48. The lowest BCUT2D eigenvalue weighted by atomic mass is 10.0. The van der Waals surface area contributed by atoms with E-state index < -0.39 is 11.2 Å². The van der Waals surface area contributed by atoms with Gasteiger partial charge in [-0.05, 0) is 12.5 Å². The van der Waals surface area contributed by atoms with E-state index in [4.69, 9.17) is 27.9 Å². The summed E-state index contributed by atoms with van der Waals surface area (Å²) in [6.45, 7) is 1.03. The lowest BCUT2D eigenvalue weighted by Gasteiger charge is -2.16. The van der Waals surface area contributed by atoms with E-state index in [0.29, 0.717) is 69.2 Å². The lowest BCUT2D eigenvalue weighted by molar-refractivity contribution is -0.119. The molecule has 0 radical (unpaired) electrons. The predicted molar refractivity (Wildman–Crippen MR) is 176 cm³/mol. The molecule has 15 heteroatoms. The van der Waals surface area contributed by atoms with Gasteiger partial charge in [0.25, 0.3) is 5.56 Å². The molecule has 1 unspecified atom stereocenters. The predicted octanol–water partition coefficient (Wildman–Crippen LogP) is 3.58. The van der Waals surface area contributed by atoms with Gasteiger partial charge in [-0.25, -0.2) is 19.7 Å². The number of aryl methyl sites for hydroxylation is 1. The molecular weight excluding hydrogens is 633 g/mol. The molecule has 0 bridgehead atoms. The van der Waals surface area contributed by atoms with Crippen LogP contribution in [0.25, 0.3) is 33.4 Å². The standard InChI is InChI=1S/C31H29Cl2N9O4/c1-41-28-24(30(44)42(2)31(41)45)27(36-15-37-28)39-20-9-5-7-18(26(20)33)17-6-4-8-19(25(17)32)21-14-35-22(29(40-21)46-3)13-34-12-16-10-11-23(43)38-16/h4-9,14-16,34H,10-13H2,1-3H3,(H,38,43)(H,36,37,39). The minimum atomic E-state index is -0.537. The Bertz CT molecular complexity index is 2120. The first-order valence-electron chi connectivity index (χ1n) is 14.3. The van der Waals surface area contributed by atoms with Crippen molar-refractivity contribution in [3.05, 3.63) is 85.5 Å². The van der Waals surface area contributed by atoms with Crippen molar-refractivity contribution in [1.82, 2.24) is 39.7 Å². The summed E-state index contributed by atoms with van der Waals surface area (Å²) in [6, 6.07) is 11.0. The van der Waals surface area contributed by atoms with Crippen LogP contribution >= 0.6 is 23.2 Å². The first-order valence-corrected chi connectivity index (χ1v) is 15.1. The summed E-state index contributed by atoms with van der Waals surface area (Å²) in [6.07, 6.45) is 4.24. The molecular formula is C31H29Cl2N9O4. The molecule has 46 heavy (non-hydrogen) atoms. The molecule has 0 aliphatic carbocycles. The third-order valence-corrected chi connectivity index (χ3v) is 8.64. The number of carbonyl (C=O) groups is 1. The number of benzene rings is 2. The molecule has 236 valence electrons. The Morgan fingerprint density at radius 1 is 0.978 bits per heavy atom. The molecule has 1 fully saturated rings. The van der Waals surface area contributed by atoms with Gasteiger partial charge in [0.2, 0.25) is 11.8 Å². The number of amides is 1. The van der Waals surface area contributed by atoms with E-state index in [9.17, 15) is 14.4 Å². The van der Waals surface area contributed by atoms with E-state index in [0.717, 1.165) is 11.0 Å². The first-order chi connectivity index (χ1) is 22.2. The number of anilines is 2. The van der Waals surface area contributed by atoms with Crippen LogP contribution in [0.5, 0.6) is 5.88 Å². The van der Waals surface area contributed by atoms with Crippen LogP contribution in [0.1, 0.15) is 18.5 Å². The summed E-state index contributed by atoms with van der Waals surface area (Å²) in [5, 5.41) is 10.3. The highest BCUT2D eigenvalue weighted by atomic mass is 35.5. The van der Waals surface area contributed by atoms with Gasteiger partial charge in [-0.1, -0.05) is 53.5 Å². The van der Waals surface area contributed by atoms with Crippen LogP contribution in [0.3, 0.4) is 0 Å². The molecule has 1 aliphatic heterocycles.